The Bertz CT molecular complexity index is 1430. The molecule has 3 aromatic carbocycles. The van der Waals surface area contributed by atoms with Crippen molar-refractivity contribution in [3.63, 3.8) is 0 Å². The van der Waals surface area contributed by atoms with Gasteiger partial charge < -0.3 is 10.1 Å². The number of fused-ring (bicyclic) bond motifs is 3. The van der Waals surface area contributed by atoms with Gasteiger partial charge in [0.2, 0.25) is 11.1 Å². The summed E-state index contributed by atoms with van der Waals surface area (Å²) in [5.41, 5.74) is 5.78. The van der Waals surface area contributed by atoms with Crippen LogP contribution in [0.2, 0.25) is 5.02 Å². The molecule has 0 fully saturated rings. The van der Waals surface area contributed by atoms with Gasteiger partial charge in [0.1, 0.15) is 23.7 Å². The lowest BCUT2D eigenvalue weighted by Gasteiger charge is -2.39. The Morgan fingerprint density at radius 2 is 1.76 bits per heavy atom. The van der Waals surface area contributed by atoms with E-state index in [1.165, 1.54) is 29.5 Å². The van der Waals surface area contributed by atoms with Crippen molar-refractivity contribution in [1.29, 1.82) is 0 Å². The van der Waals surface area contributed by atoms with Crippen LogP contribution in [-0.4, -0.2) is 21.0 Å². The van der Waals surface area contributed by atoms with Gasteiger partial charge in [-0.2, -0.15) is 4.98 Å². The zero-order valence-electron chi connectivity index (χ0n) is 18.4. The number of anilines is 1. The maximum Gasteiger partial charge on any atom is 0.227 e. The average Bonchev–Trinajstić information content (AvgIpc) is 3.27. The highest BCUT2D eigenvalue weighted by molar-refractivity contribution is 7.98. The third-order valence-corrected chi connectivity index (χ3v) is 6.94. The van der Waals surface area contributed by atoms with Gasteiger partial charge in [0.25, 0.3) is 0 Å². The van der Waals surface area contributed by atoms with Crippen molar-refractivity contribution in [3.05, 3.63) is 105 Å². The van der Waals surface area contributed by atoms with Crippen LogP contribution in [0.15, 0.2) is 77.5 Å². The summed E-state index contributed by atoms with van der Waals surface area (Å²) in [5.74, 6) is 1.06. The summed E-state index contributed by atoms with van der Waals surface area (Å²) >= 11 is 7.86. The largest absolute Gasteiger partial charge is 0.480 e. The van der Waals surface area contributed by atoms with E-state index in [4.69, 9.17) is 21.4 Å². The summed E-state index contributed by atoms with van der Waals surface area (Å²) in [5, 5.41) is 9.51. The second-order valence-electron chi connectivity index (χ2n) is 8.33. The second kappa shape index (κ2) is 8.18. The van der Waals surface area contributed by atoms with Gasteiger partial charge in [-0.25, -0.2) is 9.07 Å². The van der Waals surface area contributed by atoms with E-state index in [0.717, 1.165) is 33.7 Å². The van der Waals surface area contributed by atoms with Gasteiger partial charge >= 0.3 is 0 Å². The normalized spacial score (nSPS) is 18.5. The van der Waals surface area contributed by atoms with E-state index in [-0.39, 0.29) is 18.0 Å². The minimum absolute atomic E-state index is 0.289. The molecule has 1 N–H and O–H groups in total. The van der Waals surface area contributed by atoms with Gasteiger partial charge in [0.05, 0.1) is 5.70 Å². The van der Waals surface area contributed by atoms with E-state index in [9.17, 15) is 4.39 Å². The molecular weight excluding hydrogens is 471 g/mol. The summed E-state index contributed by atoms with van der Waals surface area (Å²) in [6, 6.07) is 20.1. The first-order valence-corrected chi connectivity index (χ1v) is 12.4. The Morgan fingerprint density at radius 1 is 1.03 bits per heavy atom. The van der Waals surface area contributed by atoms with Crippen LogP contribution in [0.4, 0.5) is 10.3 Å². The number of nitrogens with zero attached hydrogens (tertiary/aromatic N) is 3. The molecule has 0 bridgehead atoms. The van der Waals surface area contributed by atoms with Crippen molar-refractivity contribution in [2.75, 3.05) is 11.6 Å². The minimum atomic E-state index is -0.387. The quantitative estimate of drug-likeness (QED) is 0.325. The lowest BCUT2D eigenvalue weighted by Crippen LogP contribution is -2.32. The monoisotopic (exact) mass is 490 g/mol. The van der Waals surface area contributed by atoms with Crippen LogP contribution >= 0.6 is 23.4 Å². The Kier molecular flexibility index (Phi) is 5.12. The third-order valence-electron chi connectivity index (χ3n) is 6.16. The first kappa shape index (κ1) is 21.3. The average molecular weight is 491 g/mol. The predicted octanol–water partition coefficient (Wildman–Crippen LogP) is 6.66. The molecule has 1 aromatic heterocycles. The maximum atomic E-state index is 13.9. The van der Waals surface area contributed by atoms with E-state index in [2.05, 4.69) is 41.5 Å². The fraction of sp³-hybridized carbons (Fsp3) is 0.154. The molecule has 2 aliphatic rings. The Morgan fingerprint density at radius 3 is 2.50 bits per heavy atom. The molecule has 0 radical (unpaired) electrons. The number of rotatable bonds is 3. The van der Waals surface area contributed by atoms with Crippen LogP contribution < -0.4 is 10.1 Å². The Labute approximate surface area is 205 Å². The van der Waals surface area contributed by atoms with Crippen molar-refractivity contribution in [2.24, 2.45) is 0 Å². The third kappa shape index (κ3) is 3.47. The number of nitrogens with one attached hydrogen (secondary N) is 1. The molecule has 3 heterocycles. The number of aryl methyl sites for hydroxylation is 1. The van der Waals surface area contributed by atoms with Crippen LogP contribution in [0.1, 0.15) is 34.4 Å². The van der Waals surface area contributed by atoms with E-state index < -0.39 is 0 Å². The molecule has 6 rings (SSSR count). The van der Waals surface area contributed by atoms with Crippen molar-refractivity contribution in [2.45, 2.75) is 24.2 Å². The summed E-state index contributed by atoms with van der Waals surface area (Å²) in [6.45, 7) is 2.06. The van der Waals surface area contributed by atoms with E-state index in [1.807, 2.05) is 29.1 Å². The van der Waals surface area contributed by atoms with Crippen LogP contribution in [0.3, 0.4) is 0 Å². The van der Waals surface area contributed by atoms with Crippen molar-refractivity contribution in [1.82, 2.24) is 14.8 Å². The Balaban J connectivity index is 1.63. The highest BCUT2D eigenvalue weighted by atomic mass is 35.5. The number of hydrogen-bond donors (Lipinski definition) is 1. The molecule has 34 heavy (non-hydrogen) atoms. The number of benzene rings is 3. The smallest absolute Gasteiger partial charge is 0.227 e. The van der Waals surface area contributed by atoms with E-state index in [0.29, 0.717) is 16.1 Å². The molecule has 170 valence electrons. The number of thioether (sulfide) groups is 1. The summed E-state index contributed by atoms with van der Waals surface area (Å²) < 4.78 is 22.3. The molecule has 4 aromatic rings. The lowest BCUT2D eigenvalue weighted by molar-refractivity contribution is 0.223. The van der Waals surface area contributed by atoms with Crippen molar-refractivity contribution < 1.29 is 9.13 Å². The van der Waals surface area contributed by atoms with Crippen LogP contribution in [0.25, 0.3) is 5.70 Å². The topological polar surface area (TPSA) is 52.0 Å². The highest BCUT2D eigenvalue weighted by Gasteiger charge is 2.41. The SMILES string of the molecule is CSc1nc2n(n1)[C@H](c1ccc(F)cc1)C1=C(N2)c2cc(Cl)ccc2O[C@@H]1c1ccc(C)cc1. The molecule has 0 aliphatic carbocycles. The molecule has 2 atom stereocenters. The standard InChI is InChI=1S/C26H20ClFN4OS/c1-14-3-5-16(6-4-14)24-21-22(19-13-17(27)9-12-20(19)33-24)29-25-30-26(34-2)31-32(25)23(21)15-7-10-18(28)11-8-15/h3-13,23-24H,1-2H3,(H,29,30,31)/t23-,24-/m1/s1. The zero-order valence-corrected chi connectivity index (χ0v) is 20.0. The Hall–Kier alpha value is -3.29. The molecule has 5 nitrogen and oxygen atoms in total. The van der Waals surface area contributed by atoms with Gasteiger partial charge in [0, 0.05) is 16.2 Å². The summed E-state index contributed by atoms with van der Waals surface area (Å²) in [4.78, 5) is 4.68. The van der Waals surface area contributed by atoms with E-state index in [1.54, 1.807) is 12.1 Å². The molecule has 2 aliphatic heterocycles. The van der Waals surface area contributed by atoms with Gasteiger partial charge in [-0.15, -0.1) is 5.10 Å². The van der Waals surface area contributed by atoms with Crippen LogP contribution in [0, 0.1) is 12.7 Å². The van der Waals surface area contributed by atoms with Crippen LogP contribution in [-0.2, 0) is 0 Å². The number of hydrogen-bond acceptors (Lipinski definition) is 5. The second-order valence-corrected chi connectivity index (χ2v) is 9.53. The molecule has 0 saturated carbocycles. The fourth-order valence-corrected chi connectivity index (χ4v) is 5.07. The van der Waals surface area contributed by atoms with Gasteiger partial charge in [-0.3, -0.25) is 0 Å². The summed E-state index contributed by atoms with van der Waals surface area (Å²) in [7, 11) is 0. The number of ether oxygens (including phenoxy) is 1. The molecule has 8 heteroatoms. The van der Waals surface area contributed by atoms with Gasteiger partial charge in [-0.05, 0) is 54.6 Å². The molecule has 0 unspecified atom stereocenters. The first-order chi connectivity index (χ1) is 16.5. The molecule has 0 amide bonds. The molecule has 0 saturated heterocycles. The summed E-state index contributed by atoms with van der Waals surface area (Å²) in [6.07, 6.45) is 1.55. The zero-order chi connectivity index (χ0) is 23.4. The van der Waals surface area contributed by atoms with Gasteiger partial charge in [-0.1, -0.05) is 65.3 Å². The fourth-order valence-electron chi connectivity index (χ4n) is 4.55. The predicted molar refractivity (Wildman–Crippen MR) is 133 cm³/mol. The maximum absolute atomic E-state index is 13.9. The van der Waals surface area contributed by atoms with Crippen LogP contribution in [0.5, 0.6) is 5.75 Å². The van der Waals surface area contributed by atoms with Crippen molar-refractivity contribution >= 4 is 35.0 Å². The number of halogens is 2. The molecule has 0 spiro atoms. The number of aromatic nitrogens is 3. The first-order valence-electron chi connectivity index (χ1n) is 10.8. The minimum Gasteiger partial charge on any atom is -0.480 e. The van der Waals surface area contributed by atoms with E-state index >= 15 is 0 Å². The molecular formula is C26H20ClFN4OS. The lowest BCUT2D eigenvalue weighted by atomic mass is 9.84. The van der Waals surface area contributed by atoms with Gasteiger partial charge in [0.15, 0.2) is 0 Å². The highest BCUT2D eigenvalue weighted by Crippen LogP contribution is 2.51. The van der Waals surface area contributed by atoms with Crippen molar-refractivity contribution in [3.8, 4) is 5.75 Å².